The molecule has 1 aromatic carbocycles. The summed E-state index contributed by atoms with van der Waals surface area (Å²) >= 11 is 0. The summed E-state index contributed by atoms with van der Waals surface area (Å²) in [4.78, 5) is 16.5. The topological polar surface area (TPSA) is 89.3 Å². The Morgan fingerprint density at radius 2 is 2.15 bits per heavy atom. The van der Waals surface area contributed by atoms with Crippen molar-refractivity contribution in [3.63, 3.8) is 0 Å². The van der Waals surface area contributed by atoms with Crippen molar-refractivity contribution in [2.45, 2.75) is 51.1 Å². The molecule has 2 N–H and O–H groups in total. The van der Waals surface area contributed by atoms with Crippen LogP contribution in [0.5, 0.6) is 5.75 Å². The Kier molecular flexibility index (Phi) is 8.06. The number of aryl methyl sites for hydroxylation is 1. The maximum Gasteiger partial charge on any atom is 0.226 e. The zero-order valence-electron chi connectivity index (χ0n) is 15.7. The molecule has 0 bridgehead atoms. The van der Waals surface area contributed by atoms with Crippen molar-refractivity contribution in [2.75, 3.05) is 13.7 Å². The van der Waals surface area contributed by atoms with Gasteiger partial charge in [0.25, 0.3) is 0 Å². The lowest BCUT2D eigenvalue weighted by Crippen LogP contribution is -2.46. The summed E-state index contributed by atoms with van der Waals surface area (Å²) in [6.07, 6.45) is 3.74. The van der Waals surface area contributed by atoms with Gasteiger partial charge in [-0.1, -0.05) is 5.16 Å². The average molecular weight is 395 g/mol. The van der Waals surface area contributed by atoms with Crippen molar-refractivity contribution in [3.8, 4) is 17.1 Å². The Balaban J connectivity index is 0.00000261. The Labute approximate surface area is 165 Å². The van der Waals surface area contributed by atoms with E-state index in [2.05, 4.69) is 27.7 Å². The number of carbonyl (C=O) groups is 1. The van der Waals surface area contributed by atoms with Crippen LogP contribution in [0.1, 0.15) is 38.5 Å². The molecule has 0 spiro atoms. The summed E-state index contributed by atoms with van der Waals surface area (Å²) in [5.41, 5.74) is 0.874. The van der Waals surface area contributed by atoms with Gasteiger partial charge in [0, 0.05) is 30.5 Å². The molecular weight excluding hydrogens is 368 g/mol. The predicted molar refractivity (Wildman–Crippen MR) is 105 cm³/mol. The van der Waals surface area contributed by atoms with Gasteiger partial charge in [0.05, 0.1) is 7.11 Å². The number of ether oxygens (including phenoxy) is 1. The third-order valence-corrected chi connectivity index (χ3v) is 4.60. The largest absolute Gasteiger partial charge is 0.497 e. The number of amides is 1. The summed E-state index contributed by atoms with van der Waals surface area (Å²) in [5.74, 6) is 1.99. The minimum atomic E-state index is 0. The van der Waals surface area contributed by atoms with Crippen molar-refractivity contribution < 1.29 is 14.1 Å². The summed E-state index contributed by atoms with van der Waals surface area (Å²) in [6.45, 7) is 3.11. The number of rotatable bonds is 7. The van der Waals surface area contributed by atoms with Crippen LogP contribution in [-0.4, -0.2) is 41.8 Å². The second-order valence-corrected chi connectivity index (χ2v) is 6.74. The van der Waals surface area contributed by atoms with E-state index in [9.17, 15) is 4.79 Å². The molecule has 2 unspecified atom stereocenters. The van der Waals surface area contributed by atoms with E-state index in [1.54, 1.807) is 7.11 Å². The van der Waals surface area contributed by atoms with E-state index in [1.807, 2.05) is 24.3 Å². The normalized spacial score (nSPS) is 19.2. The zero-order chi connectivity index (χ0) is 18.4. The van der Waals surface area contributed by atoms with Gasteiger partial charge in [-0.25, -0.2) is 0 Å². The molecule has 0 radical (unpaired) electrons. The molecule has 0 aliphatic carbocycles. The number of piperidine rings is 1. The Bertz CT molecular complexity index is 720. The third kappa shape index (κ3) is 6.22. The second kappa shape index (κ2) is 10.3. The first-order valence-electron chi connectivity index (χ1n) is 9.14. The number of aromatic nitrogens is 2. The number of methoxy groups -OCH3 is 1. The van der Waals surface area contributed by atoms with Crippen LogP contribution in [0.3, 0.4) is 0 Å². The molecule has 2 aromatic rings. The second-order valence-electron chi connectivity index (χ2n) is 6.74. The molecule has 3 rings (SSSR count). The molecular formula is C19H27ClN4O3. The fourth-order valence-corrected chi connectivity index (χ4v) is 3.18. The molecule has 1 aromatic heterocycles. The first-order chi connectivity index (χ1) is 12.6. The van der Waals surface area contributed by atoms with E-state index < -0.39 is 0 Å². The number of hydrogen-bond acceptors (Lipinski definition) is 6. The number of nitrogens with zero attached hydrogens (tertiary/aromatic N) is 2. The van der Waals surface area contributed by atoms with E-state index in [1.165, 1.54) is 0 Å². The van der Waals surface area contributed by atoms with Gasteiger partial charge in [-0.3, -0.25) is 4.79 Å². The van der Waals surface area contributed by atoms with Gasteiger partial charge < -0.3 is 19.9 Å². The van der Waals surface area contributed by atoms with Gasteiger partial charge in [-0.05, 0) is 57.0 Å². The summed E-state index contributed by atoms with van der Waals surface area (Å²) < 4.78 is 10.4. The molecule has 0 saturated carbocycles. The van der Waals surface area contributed by atoms with Gasteiger partial charge in [-0.15, -0.1) is 12.4 Å². The van der Waals surface area contributed by atoms with Crippen LogP contribution in [0.25, 0.3) is 11.4 Å². The van der Waals surface area contributed by atoms with Gasteiger partial charge in [-0.2, -0.15) is 4.98 Å². The zero-order valence-corrected chi connectivity index (χ0v) is 16.6. The van der Waals surface area contributed by atoms with Crippen molar-refractivity contribution in [1.82, 2.24) is 20.8 Å². The lowest BCUT2D eigenvalue weighted by Gasteiger charge is -2.28. The minimum absolute atomic E-state index is 0. The van der Waals surface area contributed by atoms with E-state index in [4.69, 9.17) is 9.26 Å². The molecule has 2 heterocycles. The summed E-state index contributed by atoms with van der Waals surface area (Å²) in [6, 6.07) is 8.24. The molecule has 1 aliphatic heterocycles. The number of carbonyl (C=O) groups excluding carboxylic acids is 1. The van der Waals surface area contributed by atoms with E-state index in [-0.39, 0.29) is 24.4 Å². The van der Waals surface area contributed by atoms with Gasteiger partial charge in [0.2, 0.25) is 17.6 Å². The van der Waals surface area contributed by atoms with Crippen LogP contribution < -0.4 is 15.4 Å². The quantitative estimate of drug-likeness (QED) is 0.750. The lowest BCUT2D eigenvalue weighted by molar-refractivity contribution is -0.122. The van der Waals surface area contributed by atoms with Crippen LogP contribution in [0.4, 0.5) is 0 Å². The monoisotopic (exact) mass is 394 g/mol. The van der Waals surface area contributed by atoms with E-state index >= 15 is 0 Å². The standard InChI is InChI=1S/C19H26N4O3.ClH/c1-13-12-15(10-11-20-13)21-17(24)4-3-5-18-22-19(23-26-18)14-6-8-16(25-2)9-7-14;/h6-9,13,15,20H,3-5,10-12H2,1-2H3,(H,21,24);1H. The highest BCUT2D eigenvalue weighted by molar-refractivity contribution is 5.85. The highest BCUT2D eigenvalue weighted by Crippen LogP contribution is 2.20. The smallest absolute Gasteiger partial charge is 0.226 e. The highest BCUT2D eigenvalue weighted by Gasteiger charge is 2.19. The van der Waals surface area contributed by atoms with Crippen LogP contribution in [0.15, 0.2) is 28.8 Å². The van der Waals surface area contributed by atoms with E-state index in [0.29, 0.717) is 37.0 Å². The molecule has 27 heavy (non-hydrogen) atoms. The Morgan fingerprint density at radius 3 is 2.85 bits per heavy atom. The van der Waals surface area contributed by atoms with Crippen LogP contribution >= 0.6 is 12.4 Å². The molecule has 8 heteroatoms. The molecule has 1 aliphatic rings. The maximum absolute atomic E-state index is 12.1. The SMILES string of the molecule is COc1ccc(-c2noc(CCCC(=O)NC3CCNC(C)C3)n2)cc1.Cl. The van der Waals surface area contributed by atoms with E-state index in [0.717, 1.165) is 30.7 Å². The molecule has 2 atom stereocenters. The summed E-state index contributed by atoms with van der Waals surface area (Å²) in [7, 11) is 1.63. The van der Waals surface area contributed by atoms with Gasteiger partial charge >= 0.3 is 0 Å². The summed E-state index contributed by atoms with van der Waals surface area (Å²) in [5, 5.41) is 10.5. The van der Waals surface area contributed by atoms with Crippen molar-refractivity contribution in [1.29, 1.82) is 0 Å². The fraction of sp³-hybridized carbons (Fsp3) is 0.526. The number of nitrogens with one attached hydrogen (secondary N) is 2. The van der Waals surface area contributed by atoms with Crippen LogP contribution in [0.2, 0.25) is 0 Å². The predicted octanol–water partition coefficient (Wildman–Crippen LogP) is 2.75. The van der Waals surface area contributed by atoms with Crippen molar-refractivity contribution in [3.05, 3.63) is 30.2 Å². The van der Waals surface area contributed by atoms with Gasteiger partial charge in [0.1, 0.15) is 5.75 Å². The third-order valence-electron chi connectivity index (χ3n) is 4.60. The number of halogens is 1. The Hall–Kier alpha value is -2.12. The average Bonchev–Trinajstić information content (AvgIpc) is 3.11. The van der Waals surface area contributed by atoms with Crippen molar-refractivity contribution >= 4 is 18.3 Å². The minimum Gasteiger partial charge on any atom is -0.497 e. The number of hydrogen-bond donors (Lipinski definition) is 2. The highest BCUT2D eigenvalue weighted by atomic mass is 35.5. The lowest BCUT2D eigenvalue weighted by atomic mass is 10.0. The molecule has 1 fully saturated rings. The van der Waals surface area contributed by atoms with Crippen LogP contribution in [0, 0.1) is 0 Å². The first kappa shape index (κ1) is 21.2. The van der Waals surface area contributed by atoms with Crippen molar-refractivity contribution in [2.24, 2.45) is 0 Å². The molecule has 148 valence electrons. The Morgan fingerprint density at radius 1 is 1.37 bits per heavy atom. The van der Waals surface area contributed by atoms with Gasteiger partial charge in [0.15, 0.2) is 0 Å². The maximum atomic E-state index is 12.1. The first-order valence-corrected chi connectivity index (χ1v) is 9.14. The molecule has 1 saturated heterocycles. The number of benzene rings is 1. The molecule has 1 amide bonds. The molecule has 7 nitrogen and oxygen atoms in total. The fourth-order valence-electron chi connectivity index (χ4n) is 3.18. The van der Waals surface area contributed by atoms with Crippen LogP contribution in [-0.2, 0) is 11.2 Å².